The van der Waals surface area contributed by atoms with Crippen LogP contribution in [0.5, 0.6) is 0 Å². The van der Waals surface area contributed by atoms with Gasteiger partial charge in [-0.2, -0.15) is 0 Å². The van der Waals surface area contributed by atoms with E-state index in [-0.39, 0.29) is 0 Å². The summed E-state index contributed by atoms with van der Waals surface area (Å²) in [5.74, 6) is 0. The summed E-state index contributed by atoms with van der Waals surface area (Å²) in [5, 5.41) is 0. The van der Waals surface area contributed by atoms with E-state index in [0.29, 0.717) is 12.0 Å². The standard InChI is InChI=1S/C7H16N/c1-4-7(2,3)5-6-8/h5H,4,6,8H2,1-3H3. The zero-order valence-electron chi connectivity index (χ0n) is 6.07. The molecule has 0 aliphatic heterocycles. The Morgan fingerprint density at radius 3 is 2.12 bits per heavy atom. The van der Waals surface area contributed by atoms with Gasteiger partial charge in [0.15, 0.2) is 0 Å². The molecule has 0 atom stereocenters. The normalized spacial score (nSPS) is 12.0. The van der Waals surface area contributed by atoms with Gasteiger partial charge in [0, 0.05) is 0 Å². The Balaban J connectivity index is 3.37. The summed E-state index contributed by atoms with van der Waals surface area (Å²) in [6.07, 6.45) is 3.32. The van der Waals surface area contributed by atoms with Crippen molar-refractivity contribution in [2.24, 2.45) is 11.1 Å². The van der Waals surface area contributed by atoms with Crippen molar-refractivity contribution in [2.45, 2.75) is 27.2 Å². The Morgan fingerprint density at radius 1 is 1.50 bits per heavy atom. The molecule has 1 heteroatoms. The van der Waals surface area contributed by atoms with Crippen LogP contribution in [0.4, 0.5) is 0 Å². The summed E-state index contributed by atoms with van der Waals surface area (Å²) in [6.45, 7) is 7.26. The fourth-order valence-corrected chi connectivity index (χ4v) is 0.463. The lowest BCUT2D eigenvalue weighted by atomic mass is 9.87. The fraction of sp³-hybridized carbons (Fsp3) is 0.857. The van der Waals surface area contributed by atoms with Crippen LogP contribution in [0.1, 0.15) is 27.2 Å². The van der Waals surface area contributed by atoms with Gasteiger partial charge in [0.1, 0.15) is 0 Å². The third-order valence-electron chi connectivity index (χ3n) is 1.58. The van der Waals surface area contributed by atoms with Crippen LogP contribution in [0, 0.1) is 11.8 Å². The van der Waals surface area contributed by atoms with Gasteiger partial charge in [0.25, 0.3) is 0 Å². The molecule has 0 bridgehead atoms. The molecule has 0 spiro atoms. The summed E-state index contributed by atoms with van der Waals surface area (Å²) in [5.41, 5.74) is 5.68. The van der Waals surface area contributed by atoms with Crippen LogP contribution < -0.4 is 5.73 Å². The summed E-state index contributed by atoms with van der Waals surface area (Å²) in [7, 11) is 0. The minimum atomic E-state index is 0.342. The molecule has 0 aromatic carbocycles. The maximum atomic E-state index is 5.33. The van der Waals surface area contributed by atoms with Crippen LogP contribution in [-0.2, 0) is 0 Å². The second-order valence-electron chi connectivity index (χ2n) is 2.78. The predicted octanol–water partition coefficient (Wildman–Crippen LogP) is 1.59. The molecule has 1 nitrogen and oxygen atoms in total. The quantitative estimate of drug-likeness (QED) is 0.592. The monoisotopic (exact) mass is 114 g/mol. The van der Waals surface area contributed by atoms with Gasteiger partial charge < -0.3 is 5.73 Å². The highest BCUT2D eigenvalue weighted by Gasteiger charge is 2.12. The van der Waals surface area contributed by atoms with Gasteiger partial charge in [-0.15, -0.1) is 0 Å². The lowest BCUT2D eigenvalue weighted by Gasteiger charge is -2.20. The molecule has 2 N–H and O–H groups in total. The third kappa shape index (κ3) is 3.03. The first-order valence-electron chi connectivity index (χ1n) is 3.17. The number of hydrogen-bond donors (Lipinski definition) is 1. The Morgan fingerprint density at radius 2 is 2.00 bits per heavy atom. The maximum absolute atomic E-state index is 5.33. The van der Waals surface area contributed by atoms with Gasteiger partial charge in [-0.25, -0.2) is 0 Å². The van der Waals surface area contributed by atoms with Crippen LogP contribution in [0.15, 0.2) is 0 Å². The third-order valence-corrected chi connectivity index (χ3v) is 1.58. The Hall–Kier alpha value is -0.0400. The molecule has 0 saturated carbocycles. The van der Waals surface area contributed by atoms with Gasteiger partial charge in [-0.1, -0.05) is 27.2 Å². The van der Waals surface area contributed by atoms with Crippen LogP contribution in [-0.4, -0.2) is 6.54 Å². The topological polar surface area (TPSA) is 26.0 Å². The lowest BCUT2D eigenvalue weighted by molar-refractivity contribution is 0.416. The van der Waals surface area contributed by atoms with E-state index in [1.807, 2.05) is 0 Å². The second kappa shape index (κ2) is 3.08. The molecule has 0 aliphatic rings. The smallest absolute Gasteiger partial charge is 0.00404 e. The van der Waals surface area contributed by atoms with Crippen molar-refractivity contribution in [3.63, 3.8) is 0 Å². The van der Waals surface area contributed by atoms with Crippen molar-refractivity contribution in [1.82, 2.24) is 0 Å². The highest BCUT2D eigenvalue weighted by Crippen LogP contribution is 2.21. The van der Waals surface area contributed by atoms with E-state index >= 15 is 0 Å². The average molecular weight is 114 g/mol. The molecule has 0 amide bonds. The largest absolute Gasteiger partial charge is 0.330 e. The number of rotatable bonds is 3. The summed E-state index contributed by atoms with van der Waals surface area (Å²) < 4.78 is 0. The highest BCUT2D eigenvalue weighted by molar-refractivity contribution is 4.83. The van der Waals surface area contributed by atoms with Gasteiger partial charge in [-0.3, -0.25) is 0 Å². The summed E-state index contributed by atoms with van der Waals surface area (Å²) in [6, 6.07) is 0. The van der Waals surface area contributed by atoms with E-state index in [0.717, 1.165) is 0 Å². The van der Waals surface area contributed by atoms with Crippen molar-refractivity contribution < 1.29 is 0 Å². The predicted molar refractivity (Wildman–Crippen MR) is 37.4 cm³/mol. The molecule has 0 unspecified atom stereocenters. The maximum Gasteiger partial charge on any atom is -0.00404 e. The molecule has 49 valence electrons. The summed E-state index contributed by atoms with van der Waals surface area (Å²) >= 11 is 0. The molecule has 0 aromatic rings. The van der Waals surface area contributed by atoms with Crippen LogP contribution in [0.25, 0.3) is 0 Å². The molecule has 8 heavy (non-hydrogen) atoms. The first-order chi connectivity index (χ1) is 3.62. The number of hydrogen-bond acceptors (Lipinski definition) is 1. The molecular formula is C7H16N. The van der Waals surface area contributed by atoms with Crippen LogP contribution >= 0.6 is 0 Å². The van der Waals surface area contributed by atoms with Gasteiger partial charge >= 0.3 is 0 Å². The Kier molecular flexibility index (Phi) is 3.06. The lowest BCUT2D eigenvalue weighted by Crippen LogP contribution is -2.16. The first kappa shape index (κ1) is 7.96. The Bertz CT molecular complexity index is 57.4. The molecule has 1 radical (unpaired) electrons. The molecular weight excluding hydrogens is 98.1 g/mol. The van der Waals surface area contributed by atoms with E-state index < -0.39 is 0 Å². The van der Waals surface area contributed by atoms with E-state index in [1.54, 1.807) is 0 Å². The number of nitrogens with two attached hydrogens (primary N) is 1. The second-order valence-corrected chi connectivity index (χ2v) is 2.78. The van der Waals surface area contributed by atoms with E-state index in [9.17, 15) is 0 Å². The van der Waals surface area contributed by atoms with Crippen molar-refractivity contribution in [3.05, 3.63) is 6.42 Å². The van der Waals surface area contributed by atoms with E-state index in [2.05, 4.69) is 27.2 Å². The first-order valence-corrected chi connectivity index (χ1v) is 3.17. The summed E-state index contributed by atoms with van der Waals surface area (Å²) in [4.78, 5) is 0. The minimum absolute atomic E-state index is 0.342. The van der Waals surface area contributed by atoms with Crippen molar-refractivity contribution in [2.75, 3.05) is 6.54 Å². The van der Waals surface area contributed by atoms with E-state index in [1.165, 1.54) is 6.42 Å². The zero-order valence-corrected chi connectivity index (χ0v) is 6.07. The van der Waals surface area contributed by atoms with E-state index in [4.69, 9.17) is 5.73 Å². The fourth-order valence-electron chi connectivity index (χ4n) is 0.463. The van der Waals surface area contributed by atoms with Crippen LogP contribution in [0.3, 0.4) is 0 Å². The van der Waals surface area contributed by atoms with Gasteiger partial charge in [0.2, 0.25) is 0 Å². The van der Waals surface area contributed by atoms with Gasteiger partial charge in [0.05, 0.1) is 0 Å². The minimum Gasteiger partial charge on any atom is -0.330 e. The highest BCUT2D eigenvalue weighted by atomic mass is 14.5. The molecule has 0 fully saturated rings. The molecule has 0 aromatic heterocycles. The SMILES string of the molecule is CCC(C)(C)[CH]CN. The van der Waals surface area contributed by atoms with Crippen molar-refractivity contribution >= 4 is 0 Å². The molecule has 0 heterocycles. The van der Waals surface area contributed by atoms with Crippen molar-refractivity contribution in [3.8, 4) is 0 Å². The van der Waals surface area contributed by atoms with Gasteiger partial charge in [-0.05, 0) is 18.4 Å². The Labute approximate surface area is 52.3 Å². The molecule has 0 saturated heterocycles. The molecule has 0 aliphatic carbocycles. The van der Waals surface area contributed by atoms with Crippen molar-refractivity contribution in [1.29, 1.82) is 0 Å². The zero-order chi connectivity index (χ0) is 6.62. The molecule has 0 rings (SSSR count). The average Bonchev–Trinajstić information content (AvgIpc) is 1.67. The van der Waals surface area contributed by atoms with Crippen LogP contribution in [0.2, 0.25) is 0 Å².